The second-order valence-electron chi connectivity index (χ2n) is 4.79. The third kappa shape index (κ3) is 2.36. The maximum Gasteiger partial charge on any atom is 0.168 e. The fraction of sp³-hybridized carbons (Fsp3) is 0.118. The van der Waals surface area contributed by atoms with Crippen LogP contribution in [0.4, 0.5) is 0 Å². The molecule has 0 saturated heterocycles. The van der Waals surface area contributed by atoms with Crippen LogP contribution in [0.2, 0.25) is 0 Å². The molecule has 2 aromatic carbocycles. The van der Waals surface area contributed by atoms with Gasteiger partial charge in [-0.15, -0.1) is 6.58 Å². The van der Waals surface area contributed by atoms with Crippen LogP contribution >= 0.6 is 0 Å². The Hall–Kier alpha value is -2.75. The minimum Gasteiger partial charge on any atom is -0.504 e. The number of imidazole rings is 1. The van der Waals surface area contributed by atoms with Crippen LogP contribution in [0.1, 0.15) is 5.56 Å². The van der Waals surface area contributed by atoms with Crippen molar-refractivity contribution >= 4 is 11.0 Å². The van der Waals surface area contributed by atoms with E-state index >= 15 is 0 Å². The number of nitrogens with one attached hydrogen (secondary N) is 1. The molecule has 0 spiro atoms. The molecule has 2 N–H and O–H groups in total. The summed E-state index contributed by atoms with van der Waals surface area (Å²) in [5.74, 6) is 1.15. The highest BCUT2D eigenvalue weighted by molar-refractivity contribution is 5.81. The second kappa shape index (κ2) is 5.32. The second-order valence-corrected chi connectivity index (χ2v) is 4.79. The average molecular weight is 280 g/mol. The minimum atomic E-state index is 0.0874. The number of phenolic OH excluding ortho intramolecular Hbond substituents is 1. The van der Waals surface area contributed by atoms with Crippen molar-refractivity contribution in [1.82, 2.24) is 9.97 Å². The highest BCUT2D eigenvalue weighted by Gasteiger charge is 2.15. The summed E-state index contributed by atoms with van der Waals surface area (Å²) >= 11 is 0. The molecule has 4 nitrogen and oxygen atoms in total. The van der Waals surface area contributed by atoms with Crippen molar-refractivity contribution in [3.05, 3.63) is 54.6 Å². The summed E-state index contributed by atoms with van der Waals surface area (Å²) in [5.41, 5.74) is 3.43. The van der Waals surface area contributed by atoms with E-state index in [9.17, 15) is 5.11 Å². The number of phenols is 1. The molecule has 21 heavy (non-hydrogen) atoms. The first kappa shape index (κ1) is 13.2. The lowest BCUT2D eigenvalue weighted by molar-refractivity contribution is 0.374. The maximum atomic E-state index is 10.3. The Bertz CT molecular complexity index is 773. The Morgan fingerprint density at radius 3 is 2.86 bits per heavy atom. The summed E-state index contributed by atoms with van der Waals surface area (Å²) in [6.45, 7) is 3.74. The lowest BCUT2D eigenvalue weighted by Crippen LogP contribution is -1.92. The number of hydrogen-bond donors (Lipinski definition) is 2. The zero-order valence-corrected chi connectivity index (χ0v) is 11.8. The number of aromatic hydroxyl groups is 1. The Labute approximate surface area is 122 Å². The molecule has 0 bridgehead atoms. The summed E-state index contributed by atoms with van der Waals surface area (Å²) < 4.78 is 5.24. The molecule has 0 fully saturated rings. The molecule has 0 saturated carbocycles. The van der Waals surface area contributed by atoms with Crippen molar-refractivity contribution < 1.29 is 9.84 Å². The number of rotatable bonds is 4. The largest absolute Gasteiger partial charge is 0.504 e. The zero-order chi connectivity index (χ0) is 14.8. The van der Waals surface area contributed by atoms with Crippen LogP contribution in [0, 0.1) is 0 Å². The minimum absolute atomic E-state index is 0.0874. The van der Waals surface area contributed by atoms with Gasteiger partial charge >= 0.3 is 0 Å². The SMILES string of the molecule is C=CCc1cc(OC)c(O)c(-c2nc3ccccc3[nH]2)c1. The van der Waals surface area contributed by atoms with Crippen LogP contribution in [0.25, 0.3) is 22.4 Å². The van der Waals surface area contributed by atoms with Gasteiger partial charge < -0.3 is 14.8 Å². The molecule has 0 atom stereocenters. The number of nitrogens with zero attached hydrogens (tertiary/aromatic N) is 1. The van der Waals surface area contributed by atoms with E-state index in [0.29, 0.717) is 23.6 Å². The molecular weight excluding hydrogens is 264 g/mol. The molecule has 0 radical (unpaired) electrons. The van der Waals surface area contributed by atoms with Crippen molar-refractivity contribution in [1.29, 1.82) is 0 Å². The van der Waals surface area contributed by atoms with Gasteiger partial charge in [-0.2, -0.15) is 0 Å². The number of allylic oxidation sites excluding steroid dienone is 1. The molecule has 4 heteroatoms. The Morgan fingerprint density at radius 2 is 2.14 bits per heavy atom. The average Bonchev–Trinajstić information content (AvgIpc) is 2.92. The van der Waals surface area contributed by atoms with E-state index in [1.165, 1.54) is 7.11 Å². The fourth-order valence-electron chi connectivity index (χ4n) is 2.37. The number of ether oxygens (including phenoxy) is 1. The van der Waals surface area contributed by atoms with Gasteiger partial charge in [-0.25, -0.2) is 4.98 Å². The summed E-state index contributed by atoms with van der Waals surface area (Å²) in [5, 5.41) is 10.3. The first-order valence-corrected chi connectivity index (χ1v) is 6.69. The summed E-state index contributed by atoms with van der Waals surface area (Å²) in [6.07, 6.45) is 2.51. The first-order chi connectivity index (χ1) is 10.2. The van der Waals surface area contributed by atoms with Gasteiger partial charge in [0.2, 0.25) is 0 Å². The first-order valence-electron chi connectivity index (χ1n) is 6.69. The number of H-pyrrole nitrogens is 1. The molecule has 0 aliphatic heterocycles. The molecule has 0 unspecified atom stereocenters. The normalized spacial score (nSPS) is 10.7. The Kier molecular flexibility index (Phi) is 3.36. The van der Waals surface area contributed by atoms with E-state index in [1.807, 2.05) is 42.5 Å². The topological polar surface area (TPSA) is 58.1 Å². The van der Waals surface area contributed by atoms with Gasteiger partial charge in [0.05, 0.1) is 23.7 Å². The molecule has 3 rings (SSSR count). The lowest BCUT2D eigenvalue weighted by atomic mass is 10.1. The van der Waals surface area contributed by atoms with Crippen LogP contribution in [0.15, 0.2) is 49.1 Å². The van der Waals surface area contributed by atoms with Crippen LogP contribution < -0.4 is 4.74 Å². The van der Waals surface area contributed by atoms with Gasteiger partial charge in [0.25, 0.3) is 0 Å². The van der Waals surface area contributed by atoms with Crippen molar-refractivity contribution in [2.75, 3.05) is 7.11 Å². The number of para-hydroxylation sites is 2. The number of benzene rings is 2. The van der Waals surface area contributed by atoms with Gasteiger partial charge in [0, 0.05) is 0 Å². The smallest absolute Gasteiger partial charge is 0.168 e. The Morgan fingerprint density at radius 1 is 1.33 bits per heavy atom. The van der Waals surface area contributed by atoms with Crippen LogP contribution in [-0.4, -0.2) is 22.2 Å². The van der Waals surface area contributed by atoms with Crippen molar-refractivity contribution in [2.24, 2.45) is 0 Å². The van der Waals surface area contributed by atoms with E-state index in [0.717, 1.165) is 16.6 Å². The summed E-state index contributed by atoms with van der Waals surface area (Å²) in [6, 6.07) is 11.5. The monoisotopic (exact) mass is 280 g/mol. The molecule has 0 aliphatic rings. The zero-order valence-electron chi connectivity index (χ0n) is 11.8. The number of aromatic amines is 1. The van der Waals surface area contributed by atoms with Gasteiger partial charge in [0.15, 0.2) is 11.5 Å². The van der Waals surface area contributed by atoms with Gasteiger partial charge in [0.1, 0.15) is 5.82 Å². The molecule has 0 amide bonds. The predicted molar refractivity (Wildman–Crippen MR) is 83.6 cm³/mol. The van der Waals surface area contributed by atoms with E-state index in [4.69, 9.17) is 4.74 Å². The highest BCUT2D eigenvalue weighted by atomic mass is 16.5. The van der Waals surface area contributed by atoms with Crippen LogP contribution in [0.3, 0.4) is 0 Å². The summed E-state index contributed by atoms with van der Waals surface area (Å²) in [7, 11) is 1.54. The van der Waals surface area contributed by atoms with Crippen LogP contribution in [-0.2, 0) is 6.42 Å². The van der Waals surface area contributed by atoms with E-state index in [1.54, 1.807) is 0 Å². The number of aromatic nitrogens is 2. The van der Waals surface area contributed by atoms with E-state index < -0.39 is 0 Å². The standard InChI is InChI=1S/C17H16N2O2/c1-3-6-11-9-12(16(20)15(10-11)21-2)17-18-13-7-4-5-8-14(13)19-17/h3-5,7-10,20H,1,6H2,2H3,(H,18,19). The third-order valence-corrected chi connectivity index (χ3v) is 3.38. The van der Waals surface area contributed by atoms with Crippen molar-refractivity contribution in [3.63, 3.8) is 0 Å². The van der Waals surface area contributed by atoms with E-state index in [-0.39, 0.29) is 5.75 Å². The highest BCUT2D eigenvalue weighted by Crippen LogP contribution is 2.37. The fourth-order valence-corrected chi connectivity index (χ4v) is 2.37. The van der Waals surface area contributed by atoms with E-state index in [2.05, 4.69) is 16.5 Å². The Balaban J connectivity index is 2.19. The molecule has 106 valence electrons. The molecule has 0 aliphatic carbocycles. The predicted octanol–water partition coefficient (Wildman–Crippen LogP) is 3.67. The van der Waals surface area contributed by atoms with Gasteiger partial charge in [-0.3, -0.25) is 0 Å². The number of hydrogen-bond acceptors (Lipinski definition) is 3. The van der Waals surface area contributed by atoms with Crippen LogP contribution in [0.5, 0.6) is 11.5 Å². The molecule has 1 heterocycles. The van der Waals surface area contributed by atoms with Crippen molar-refractivity contribution in [2.45, 2.75) is 6.42 Å². The number of fused-ring (bicyclic) bond motifs is 1. The molecular formula is C17H16N2O2. The molecule has 3 aromatic rings. The van der Waals surface area contributed by atoms with Crippen molar-refractivity contribution in [3.8, 4) is 22.9 Å². The van der Waals surface area contributed by atoms with Gasteiger partial charge in [-0.1, -0.05) is 18.2 Å². The number of methoxy groups -OCH3 is 1. The third-order valence-electron chi connectivity index (χ3n) is 3.38. The van der Waals surface area contributed by atoms with Gasteiger partial charge in [-0.05, 0) is 36.2 Å². The quantitative estimate of drug-likeness (QED) is 0.717. The maximum absolute atomic E-state index is 10.3. The lowest BCUT2D eigenvalue weighted by Gasteiger charge is -2.10. The summed E-state index contributed by atoms with van der Waals surface area (Å²) in [4.78, 5) is 7.74. The molecule has 1 aromatic heterocycles.